The summed E-state index contributed by atoms with van der Waals surface area (Å²) in [6, 6.07) is 22.5. The highest BCUT2D eigenvalue weighted by atomic mass is 32.2. The van der Waals surface area contributed by atoms with Gasteiger partial charge in [0, 0.05) is 17.7 Å². The van der Waals surface area contributed by atoms with Gasteiger partial charge in [-0.2, -0.15) is 5.26 Å². The van der Waals surface area contributed by atoms with Gasteiger partial charge < -0.3 is 5.32 Å². The number of rotatable bonds is 8. The first kappa shape index (κ1) is 23.9. The number of aromatic nitrogens is 2. The average Bonchev–Trinajstić information content (AvgIpc) is 2.88. The second-order valence-electron chi connectivity index (χ2n) is 7.80. The molecule has 0 saturated carbocycles. The van der Waals surface area contributed by atoms with Gasteiger partial charge in [-0.15, -0.1) is 0 Å². The minimum atomic E-state index is -0.248. The number of carbonyl (C=O) groups is 2. The van der Waals surface area contributed by atoms with E-state index in [1.165, 1.54) is 16.3 Å². The molecule has 174 valence electrons. The largest absolute Gasteiger partial charge is 0.326 e. The van der Waals surface area contributed by atoms with Crippen molar-refractivity contribution < 1.29 is 9.59 Å². The molecule has 0 unspecified atom stereocenters. The summed E-state index contributed by atoms with van der Waals surface area (Å²) >= 11 is 1.17. The van der Waals surface area contributed by atoms with E-state index in [4.69, 9.17) is 5.26 Å². The van der Waals surface area contributed by atoms with Crippen molar-refractivity contribution in [2.24, 2.45) is 0 Å². The van der Waals surface area contributed by atoms with Crippen LogP contribution in [-0.2, 0) is 4.79 Å². The van der Waals surface area contributed by atoms with Crippen LogP contribution in [0.15, 0.2) is 82.7 Å². The number of Topliss-reactive ketones (excluding diaryl/α,β-unsaturated/α-hetero) is 1. The Kier molecular flexibility index (Phi) is 7.38. The number of nitrogens with one attached hydrogen (secondary N) is 1. The topological polar surface area (TPSA) is 105 Å². The van der Waals surface area contributed by atoms with Crippen molar-refractivity contribution in [3.8, 4) is 11.8 Å². The van der Waals surface area contributed by atoms with E-state index in [2.05, 4.69) is 16.4 Å². The molecule has 1 heterocycles. The standard InChI is InChI=1S/C27H22N4O3S/c1-2-5-25(33)29-20-12-10-19(11-13-20)24(32)17-35-27-30-23-7-4-3-6-22(23)26(34)31(27)21-14-8-18(16-28)9-15-21/h3-4,6-15H,2,5,17H2,1H3,(H,29,33). The number of fused-ring (bicyclic) bond motifs is 1. The summed E-state index contributed by atoms with van der Waals surface area (Å²) in [4.78, 5) is 42.6. The third kappa shape index (κ3) is 5.48. The molecule has 7 nitrogen and oxygen atoms in total. The van der Waals surface area contributed by atoms with E-state index in [0.29, 0.717) is 45.0 Å². The van der Waals surface area contributed by atoms with Crippen molar-refractivity contribution in [2.45, 2.75) is 24.9 Å². The molecule has 0 aliphatic heterocycles. The number of nitriles is 1. The summed E-state index contributed by atoms with van der Waals surface area (Å²) in [5.41, 5.74) is 2.48. The fraction of sp³-hybridized carbons (Fsp3) is 0.148. The highest BCUT2D eigenvalue weighted by molar-refractivity contribution is 7.99. The van der Waals surface area contributed by atoms with Gasteiger partial charge in [0.15, 0.2) is 10.9 Å². The van der Waals surface area contributed by atoms with Crippen molar-refractivity contribution in [3.05, 3.63) is 94.3 Å². The van der Waals surface area contributed by atoms with Crippen molar-refractivity contribution in [3.63, 3.8) is 0 Å². The van der Waals surface area contributed by atoms with Crippen LogP contribution < -0.4 is 10.9 Å². The fourth-order valence-electron chi connectivity index (χ4n) is 3.53. The Morgan fingerprint density at radius 1 is 1.03 bits per heavy atom. The molecule has 0 radical (unpaired) electrons. The molecule has 0 fully saturated rings. The van der Waals surface area contributed by atoms with Gasteiger partial charge in [0.2, 0.25) is 5.91 Å². The summed E-state index contributed by atoms with van der Waals surface area (Å²) in [7, 11) is 0. The highest BCUT2D eigenvalue weighted by Crippen LogP contribution is 2.23. The minimum absolute atomic E-state index is 0.0646. The number of nitrogens with zero attached hydrogens (tertiary/aromatic N) is 3. The maximum atomic E-state index is 13.3. The summed E-state index contributed by atoms with van der Waals surface area (Å²) in [6.45, 7) is 1.93. The van der Waals surface area contributed by atoms with Crippen LogP contribution in [0.25, 0.3) is 16.6 Å². The predicted molar refractivity (Wildman–Crippen MR) is 137 cm³/mol. The lowest BCUT2D eigenvalue weighted by Crippen LogP contribution is -2.22. The van der Waals surface area contributed by atoms with Crippen LogP contribution in [0.2, 0.25) is 0 Å². The minimum Gasteiger partial charge on any atom is -0.326 e. The van der Waals surface area contributed by atoms with E-state index < -0.39 is 0 Å². The monoisotopic (exact) mass is 482 g/mol. The molecule has 1 aromatic heterocycles. The van der Waals surface area contributed by atoms with E-state index in [-0.39, 0.29) is 23.0 Å². The van der Waals surface area contributed by atoms with Gasteiger partial charge in [0.05, 0.1) is 34.0 Å². The SMILES string of the molecule is CCCC(=O)Nc1ccc(C(=O)CSc2nc3ccccc3c(=O)n2-c2ccc(C#N)cc2)cc1. The number of hydrogen-bond acceptors (Lipinski definition) is 6. The van der Waals surface area contributed by atoms with Gasteiger partial charge in [-0.05, 0) is 67.1 Å². The molecular formula is C27H22N4O3S. The number of ketones is 1. The van der Waals surface area contributed by atoms with Gasteiger partial charge in [0.1, 0.15) is 0 Å². The Morgan fingerprint density at radius 3 is 2.43 bits per heavy atom. The van der Waals surface area contributed by atoms with Gasteiger partial charge >= 0.3 is 0 Å². The van der Waals surface area contributed by atoms with Crippen molar-refractivity contribution in [1.82, 2.24) is 9.55 Å². The molecule has 1 amide bonds. The molecule has 8 heteroatoms. The van der Waals surface area contributed by atoms with Crippen molar-refractivity contribution >= 4 is 40.0 Å². The van der Waals surface area contributed by atoms with Crippen LogP contribution in [0.5, 0.6) is 0 Å². The highest BCUT2D eigenvalue weighted by Gasteiger charge is 2.16. The molecule has 0 atom stereocenters. The molecule has 0 spiro atoms. The van der Waals surface area contributed by atoms with Crippen LogP contribution in [-0.4, -0.2) is 27.0 Å². The van der Waals surface area contributed by atoms with Crippen LogP contribution in [0, 0.1) is 11.3 Å². The molecule has 0 saturated heterocycles. The van der Waals surface area contributed by atoms with Crippen LogP contribution >= 0.6 is 11.8 Å². The molecule has 3 aromatic carbocycles. The molecular weight excluding hydrogens is 460 g/mol. The first-order chi connectivity index (χ1) is 17.0. The summed E-state index contributed by atoms with van der Waals surface area (Å²) < 4.78 is 1.47. The van der Waals surface area contributed by atoms with Crippen molar-refractivity contribution in [1.29, 1.82) is 5.26 Å². The summed E-state index contributed by atoms with van der Waals surface area (Å²) in [5, 5.41) is 12.7. The normalized spacial score (nSPS) is 10.6. The lowest BCUT2D eigenvalue weighted by atomic mass is 10.1. The quantitative estimate of drug-likeness (QED) is 0.216. The Hall–Kier alpha value is -4.22. The van der Waals surface area contributed by atoms with E-state index in [9.17, 15) is 14.4 Å². The van der Waals surface area contributed by atoms with E-state index in [1.807, 2.05) is 6.92 Å². The van der Waals surface area contributed by atoms with Gasteiger partial charge in [-0.3, -0.25) is 19.0 Å². The third-order valence-electron chi connectivity index (χ3n) is 5.30. The number of para-hydroxylation sites is 1. The van der Waals surface area contributed by atoms with E-state index >= 15 is 0 Å². The molecule has 1 N–H and O–H groups in total. The van der Waals surface area contributed by atoms with Crippen LogP contribution in [0.4, 0.5) is 5.69 Å². The molecule has 0 bridgehead atoms. The number of benzene rings is 3. The van der Waals surface area contributed by atoms with Crippen LogP contribution in [0.1, 0.15) is 35.7 Å². The Labute approximate surface area is 206 Å². The molecule has 0 aliphatic rings. The predicted octanol–water partition coefficient (Wildman–Crippen LogP) is 4.97. The Morgan fingerprint density at radius 2 is 1.74 bits per heavy atom. The maximum absolute atomic E-state index is 13.3. The lowest BCUT2D eigenvalue weighted by Gasteiger charge is -2.13. The Balaban J connectivity index is 1.60. The summed E-state index contributed by atoms with van der Waals surface area (Å²) in [5.74, 6) is -0.122. The molecule has 35 heavy (non-hydrogen) atoms. The molecule has 4 aromatic rings. The second kappa shape index (κ2) is 10.8. The lowest BCUT2D eigenvalue weighted by molar-refractivity contribution is -0.116. The van der Waals surface area contributed by atoms with E-state index in [0.717, 1.165) is 6.42 Å². The zero-order valence-corrected chi connectivity index (χ0v) is 19.8. The van der Waals surface area contributed by atoms with Gasteiger partial charge in [-0.1, -0.05) is 30.8 Å². The number of anilines is 1. The fourth-order valence-corrected chi connectivity index (χ4v) is 4.43. The van der Waals surface area contributed by atoms with Crippen LogP contribution in [0.3, 0.4) is 0 Å². The zero-order chi connectivity index (χ0) is 24.8. The van der Waals surface area contributed by atoms with Crippen molar-refractivity contribution in [2.75, 3.05) is 11.1 Å². The first-order valence-electron chi connectivity index (χ1n) is 11.1. The van der Waals surface area contributed by atoms with Gasteiger partial charge in [-0.25, -0.2) is 4.98 Å². The smallest absolute Gasteiger partial charge is 0.266 e. The second-order valence-corrected chi connectivity index (χ2v) is 8.74. The number of hydrogen-bond donors (Lipinski definition) is 1. The van der Waals surface area contributed by atoms with E-state index in [1.54, 1.807) is 72.8 Å². The van der Waals surface area contributed by atoms with Gasteiger partial charge in [0.25, 0.3) is 5.56 Å². The average molecular weight is 483 g/mol. The molecule has 4 rings (SSSR count). The number of amides is 1. The number of thioether (sulfide) groups is 1. The first-order valence-corrected chi connectivity index (χ1v) is 12.1. The Bertz CT molecular complexity index is 1490. The number of carbonyl (C=O) groups excluding carboxylic acids is 2. The third-order valence-corrected chi connectivity index (χ3v) is 6.24. The summed E-state index contributed by atoms with van der Waals surface area (Å²) in [6.07, 6.45) is 1.20. The maximum Gasteiger partial charge on any atom is 0.266 e. The molecule has 0 aliphatic carbocycles. The zero-order valence-electron chi connectivity index (χ0n) is 19.0.